The number of amides is 1. The van der Waals surface area contributed by atoms with Gasteiger partial charge in [0.05, 0.1) is 16.2 Å². The average molecular weight is 537 g/mol. The van der Waals surface area contributed by atoms with E-state index >= 15 is 0 Å². The summed E-state index contributed by atoms with van der Waals surface area (Å²) >= 11 is 1.22. The maximum atomic E-state index is 12.6. The van der Waals surface area contributed by atoms with Gasteiger partial charge in [0.2, 0.25) is 11.9 Å². The zero-order valence-electron chi connectivity index (χ0n) is 20.9. The minimum Gasteiger partial charge on any atom is -0.325 e. The van der Waals surface area contributed by atoms with Crippen LogP contribution in [-0.2, 0) is 27.7 Å². The SMILES string of the molecule is CC(C)(C)[C@H]1CCc2nc(SCC(=O)Nc3ccc(S(=O)(=O)Nc4ncccn4)cc3)c(C#N)cc2C1. The molecule has 9 nitrogen and oxygen atoms in total. The van der Waals surface area contributed by atoms with E-state index in [-0.39, 0.29) is 27.9 Å². The Morgan fingerprint density at radius 3 is 2.54 bits per heavy atom. The highest BCUT2D eigenvalue weighted by Crippen LogP contribution is 2.38. The van der Waals surface area contributed by atoms with Crippen LogP contribution in [0.3, 0.4) is 0 Å². The number of thioether (sulfide) groups is 1. The summed E-state index contributed by atoms with van der Waals surface area (Å²) in [6.07, 6.45) is 5.70. The van der Waals surface area contributed by atoms with E-state index in [1.54, 1.807) is 6.07 Å². The second-order valence-electron chi connectivity index (χ2n) is 9.90. The monoisotopic (exact) mass is 536 g/mol. The lowest BCUT2D eigenvalue weighted by molar-refractivity contribution is -0.113. The molecular formula is C26H28N6O3S2. The second kappa shape index (κ2) is 10.9. The Morgan fingerprint density at radius 1 is 1.19 bits per heavy atom. The molecule has 0 saturated heterocycles. The quantitative estimate of drug-likeness (QED) is 0.423. The lowest BCUT2D eigenvalue weighted by Gasteiger charge is -2.34. The first-order valence-electron chi connectivity index (χ1n) is 11.8. The molecule has 1 atom stereocenters. The van der Waals surface area contributed by atoms with Crippen LogP contribution in [0.2, 0.25) is 0 Å². The van der Waals surface area contributed by atoms with Crippen molar-refractivity contribution in [1.29, 1.82) is 5.26 Å². The van der Waals surface area contributed by atoms with Crippen LogP contribution in [0.5, 0.6) is 0 Å². The molecule has 0 saturated carbocycles. The van der Waals surface area contributed by atoms with Crippen LogP contribution in [0.25, 0.3) is 0 Å². The highest BCUT2D eigenvalue weighted by Gasteiger charge is 2.30. The van der Waals surface area contributed by atoms with Crippen LogP contribution in [-0.4, -0.2) is 35.0 Å². The number of fused-ring (bicyclic) bond motifs is 1. The van der Waals surface area contributed by atoms with Crippen molar-refractivity contribution in [2.75, 3.05) is 15.8 Å². The summed E-state index contributed by atoms with van der Waals surface area (Å²) in [6, 6.07) is 11.5. The molecule has 2 N–H and O–H groups in total. The standard InChI is InChI=1S/C26H28N6O3S2/c1-26(2,3)19-5-10-22-17(14-19)13-18(15-27)24(31-22)36-16-23(33)30-20-6-8-21(9-7-20)37(34,35)32-25-28-11-4-12-29-25/h4,6-9,11-13,19H,5,10,14,16H2,1-3H3,(H,30,33)(H,28,29,32)/t19-/m0/s1. The van der Waals surface area contributed by atoms with Crippen LogP contribution < -0.4 is 10.0 Å². The van der Waals surface area contributed by atoms with Gasteiger partial charge in [-0.2, -0.15) is 5.26 Å². The number of nitrogens with zero attached hydrogens (tertiary/aromatic N) is 4. The molecule has 192 valence electrons. The van der Waals surface area contributed by atoms with Gasteiger partial charge < -0.3 is 5.32 Å². The third-order valence-corrected chi connectivity index (χ3v) is 8.61. The van der Waals surface area contributed by atoms with Crippen molar-refractivity contribution < 1.29 is 13.2 Å². The molecule has 0 fully saturated rings. The molecule has 1 aromatic carbocycles. The van der Waals surface area contributed by atoms with Crippen molar-refractivity contribution in [2.45, 2.75) is 50.0 Å². The highest BCUT2D eigenvalue weighted by atomic mass is 32.2. The molecule has 11 heteroatoms. The predicted molar refractivity (Wildman–Crippen MR) is 143 cm³/mol. The molecule has 0 radical (unpaired) electrons. The summed E-state index contributed by atoms with van der Waals surface area (Å²) < 4.78 is 27.3. The van der Waals surface area contributed by atoms with E-state index in [4.69, 9.17) is 4.98 Å². The largest absolute Gasteiger partial charge is 0.325 e. The molecular weight excluding hydrogens is 508 g/mol. The van der Waals surface area contributed by atoms with Gasteiger partial charge in [0.25, 0.3) is 10.0 Å². The number of aryl methyl sites for hydroxylation is 1. The zero-order valence-corrected chi connectivity index (χ0v) is 22.5. The fourth-order valence-electron chi connectivity index (χ4n) is 4.15. The summed E-state index contributed by atoms with van der Waals surface area (Å²) in [7, 11) is -3.86. The molecule has 37 heavy (non-hydrogen) atoms. The number of pyridine rings is 1. The Labute approximate surface area is 221 Å². The molecule has 1 amide bonds. The van der Waals surface area contributed by atoms with Crippen molar-refractivity contribution in [3.8, 4) is 6.07 Å². The van der Waals surface area contributed by atoms with E-state index < -0.39 is 10.0 Å². The molecule has 2 aromatic heterocycles. The van der Waals surface area contributed by atoms with E-state index in [0.29, 0.717) is 22.2 Å². The molecule has 3 aromatic rings. The minimum atomic E-state index is -3.86. The number of anilines is 2. The van der Waals surface area contributed by atoms with Gasteiger partial charge >= 0.3 is 0 Å². The number of nitrogens with one attached hydrogen (secondary N) is 2. The number of sulfonamides is 1. The summed E-state index contributed by atoms with van der Waals surface area (Å²) in [5.41, 5.74) is 3.27. The van der Waals surface area contributed by atoms with Crippen LogP contribution in [0, 0.1) is 22.7 Å². The van der Waals surface area contributed by atoms with E-state index in [1.165, 1.54) is 48.4 Å². The van der Waals surface area contributed by atoms with Gasteiger partial charge in [-0.05, 0) is 72.6 Å². The Hall–Kier alpha value is -3.49. The topological polar surface area (TPSA) is 138 Å². The van der Waals surface area contributed by atoms with Crippen LogP contribution in [0.1, 0.15) is 44.0 Å². The highest BCUT2D eigenvalue weighted by molar-refractivity contribution is 8.00. The lowest BCUT2D eigenvalue weighted by atomic mass is 9.71. The molecule has 2 heterocycles. The molecule has 0 aliphatic heterocycles. The number of carbonyl (C=O) groups excluding carboxylic acids is 1. The van der Waals surface area contributed by atoms with E-state index in [9.17, 15) is 18.5 Å². The number of aromatic nitrogens is 3. The fraction of sp³-hybridized carbons (Fsp3) is 0.346. The van der Waals surface area contributed by atoms with Crippen LogP contribution in [0.4, 0.5) is 11.6 Å². The second-order valence-corrected chi connectivity index (χ2v) is 12.6. The first kappa shape index (κ1) is 26.6. The maximum absolute atomic E-state index is 12.6. The third-order valence-electron chi connectivity index (χ3n) is 6.28. The van der Waals surface area contributed by atoms with Gasteiger partial charge in [0.15, 0.2) is 0 Å². The third kappa shape index (κ3) is 6.64. The minimum absolute atomic E-state index is 0.0120. The van der Waals surface area contributed by atoms with Gasteiger partial charge in [0, 0.05) is 23.8 Å². The van der Waals surface area contributed by atoms with E-state index in [1.807, 2.05) is 6.07 Å². The first-order valence-corrected chi connectivity index (χ1v) is 14.3. The molecule has 0 spiro atoms. The molecule has 4 rings (SSSR count). The Kier molecular flexibility index (Phi) is 7.80. The number of hydrogen-bond donors (Lipinski definition) is 2. The predicted octanol–water partition coefficient (Wildman–Crippen LogP) is 4.43. The maximum Gasteiger partial charge on any atom is 0.264 e. The summed E-state index contributed by atoms with van der Waals surface area (Å²) in [5.74, 6) is 0.297. The number of benzene rings is 1. The Bertz CT molecular complexity index is 1430. The van der Waals surface area contributed by atoms with E-state index in [0.717, 1.165) is 30.5 Å². The normalized spacial score (nSPS) is 15.4. The van der Waals surface area contributed by atoms with Crippen molar-refractivity contribution in [2.24, 2.45) is 11.3 Å². The van der Waals surface area contributed by atoms with Crippen molar-refractivity contribution >= 4 is 39.3 Å². The summed E-state index contributed by atoms with van der Waals surface area (Å²) in [4.78, 5) is 25.0. The number of rotatable bonds is 7. The molecule has 1 aliphatic rings. The van der Waals surface area contributed by atoms with Gasteiger partial charge in [-0.25, -0.2) is 28.1 Å². The zero-order chi connectivity index (χ0) is 26.6. The van der Waals surface area contributed by atoms with Crippen LogP contribution in [0.15, 0.2) is 58.7 Å². The molecule has 1 aliphatic carbocycles. The van der Waals surface area contributed by atoms with Crippen molar-refractivity contribution in [1.82, 2.24) is 15.0 Å². The van der Waals surface area contributed by atoms with Gasteiger partial charge in [0.1, 0.15) is 11.1 Å². The first-order chi connectivity index (χ1) is 17.5. The van der Waals surface area contributed by atoms with Crippen molar-refractivity contribution in [3.05, 3.63) is 65.6 Å². The Morgan fingerprint density at radius 2 is 1.89 bits per heavy atom. The van der Waals surface area contributed by atoms with E-state index in [2.05, 4.69) is 46.8 Å². The van der Waals surface area contributed by atoms with Gasteiger partial charge in [-0.15, -0.1) is 0 Å². The van der Waals surface area contributed by atoms with Crippen molar-refractivity contribution in [3.63, 3.8) is 0 Å². The van der Waals surface area contributed by atoms with Gasteiger partial charge in [-0.1, -0.05) is 32.5 Å². The summed E-state index contributed by atoms with van der Waals surface area (Å²) in [6.45, 7) is 6.73. The molecule has 0 unspecified atom stereocenters. The number of nitriles is 1. The van der Waals surface area contributed by atoms with Gasteiger partial charge in [-0.3, -0.25) is 4.79 Å². The molecule has 0 bridgehead atoms. The average Bonchev–Trinajstić information content (AvgIpc) is 2.86. The smallest absolute Gasteiger partial charge is 0.264 e. The Balaban J connectivity index is 1.37. The lowest BCUT2D eigenvalue weighted by Crippen LogP contribution is -2.27. The fourth-order valence-corrected chi connectivity index (χ4v) is 5.89. The summed E-state index contributed by atoms with van der Waals surface area (Å²) in [5, 5.41) is 13.0. The number of carbonyl (C=O) groups is 1. The number of hydrogen-bond acceptors (Lipinski definition) is 8. The van der Waals surface area contributed by atoms with Crippen LogP contribution >= 0.6 is 11.8 Å².